The molecule has 15 heavy (non-hydrogen) atoms. The summed E-state index contributed by atoms with van der Waals surface area (Å²) in [6, 6.07) is 2.73. The molecule has 0 amide bonds. The Balaban J connectivity index is 2.81. The van der Waals surface area contributed by atoms with Crippen LogP contribution in [0.15, 0.2) is 16.6 Å². The largest absolute Gasteiger partial charge is 0.486 e. The van der Waals surface area contributed by atoms with Crippen molar-refractivity contribution >= 4 is 21.6 Å². The zero-order chi connectivity index (χ0) is 11.4. The van der Waals surface area contributed by atoms with Crippen LogP contribution in [0.2, 0.25) is 0 Å². The zero-order valence-electron chi connectivity index (χ0n) is 8.59. The summed E-state index contributed by atoms with van der Waals surface area (Å²) in [6.45, 7) is 2.30. The second-order valence-electron chi connectivity index (χ2n) is 3.19. The number of halogens is 2. The van der Waals surface area contributed by atoms with Gasteiger partial charge in [-0.2, -0.15) is 0 Å². The smallest absolute Gasteiger partial charge is 0.144 e. The van der Waals surface area contributed by atoms with Crippen molar-refractivity contribution in [3.63, 3.8) is 0 Å². The van der Waals surface area contributed by atoms with Crippen LogP contribution in [-0.4, -0.2) is 19.8 Å². The standard InChI is InChI=1S/C10H13BrFNO2/c1-6(5-14-2)15-10-3-7(11)8(12)4-9(10)13/h3-4,6H,5,13H2,1-2H3. The Kier molecular flexibility index (Phi) is 4.35. The molecule has 5 heteroatoms. The van der Waals surface area contributed by atoms with E-state index in [1.165, 1.54) is 12.1 Å². The van der Waals surface area contributed by atoms with Gasteiger partial charge in [0.15, 0.2) is 0 Å². The molecule has 0 aromatic heterocycles. The van der Waals surface area contributed by atoms with Crippen LogP contribution in [-0.2, 0) is 4.74 Å². The second kappa shape index (κ2) is 5.32. The van der Waals surface area contributed by atoms with E-state index < -0.39 is 5.82 Å². The van der Waals surface area contributed by atoms with Crippen molar-refractivity contribution in [3.8, 4) is 5.75 Å². The van der Waals surface area contributed by atoms with Gasteiger partial charge in [0.2, 0.25) is 0 Å². The number of hydrogen-bond donors (Lipinski definition) is 1. The first-order valence-corrected chi connectivity index (χ1v) is 5.24. The molecule has 0 spiro atoms. The summed E-state index contributed by atoms with van der Waals surface area (Å²) in [5.41, 5.74) is 5.88. The van der Waals surface area contributed by atoms with E-state index in [2.05, 4.69) is 15.9 Å². The van der Waals surface area contributed by atoms with Crippen LogP contribution in [0.3, 0.4) is 0 Å². The van der Waals surface area contributed by atoms with E-state index in [1.807, 2.05) is 6.92 Å². The van der Waals surface area contributed by atoms with E-state index in [0.717, 1.165) is 0 Å². The van der Waals surface area contributed by atoms with Gasteiger partial charge in [0, 0.05) is 13.2 Å². The lowest BCUT2D eigenvalue weighted by Gasteiger charge is -2.15. The van der Waals surface area contributed by atoms with E-state index >= 15 is 0 Å². The summed E-state index contributed by atoms with van der Waals surface area (Å²) < 4.78 is 23.8. The first kappa shape index (κ1) is 12.3. The SMILES string of the molecule is COCC(C)Oc1cc(Br)c(F)cc1N. The number of ether oxygens (including phenoxy) is 2. The summed E-state index contributed by atoms with van der Waals surface area (Å²) in [6.07, 6.45) is -0.130. The maximum absolute atomic E-state index is 13.0. The summed E-state index contributed by atoms with van der Waals surface area (Å²) in [7, 11) is 1.59. The van der Waals surface area contributed by atoms with Crippen LogP contribution in [0.4, 0.5) is 10.1 Å². The van der Waals surface area contributed by atoms with Crippen molar-refractivity contribution < 1.29 is 13.9 Å². The van der Waals surface area contributed by atoms with Gasteiger partial charge in [0.05, 0.1) is 16.8 Å². The third kappa shape index (κ3) is 3.35. The van der Waals surface area contributed by atoms with E-state index in [9.17, 15) is 4.39 Å². The Morgan fingerprint density at radius 2 is 2.20 bits per heavy atom. The number of benzene rings is 1. The van der Waals surface area contributed by atoms with Crippen LogP contribution in [0, 0.1) is 5.82 Å². The lowest BCUT2D eigenvalue weighted by Crippen LogP contribution is -2.18. The molecule has 0 aliphatic rings. The Morgan fingerprint density at radius 3 is 2.80 bits per heavy atom. The minimum absolute atomic E-state index is 0.130. The normalized spacial score (nSPS) is 12.5. The minimum atomic E-state index is -0.403. The summed E-state index contributed by atoms with van der Waals surface area (Å²) in [4.78, 5) is 0. The molecule has 0 aliphatic heterocycles. The molecule has 3 nitrogen and oxygen atoms in total. The number of methoxy groups -OCH3 is 1. The van der Waals surface area contributed by atoms with Crippen molar-refractivity contribution in [2.45, 2.75) is 13.0 Å². The van der Waals surface area contributed by atoms with Gasteiger partial charge in [-0.3, -0.25) is 0 Å². The average molecular weight is 278 g/mol. The van der Waals surface area contributed by atoms with E-state index in [1.54, 1.807) is 7.11 Å². The maximum atomic E-state index is 13.0. The van der Waals surface area contributed by atoms with Gasteiger partial charge in [-0.05, 0) is 28.9 Å². The molecule has 0 aliphatic carbocycles. The molecule has 0 fully saturated rings. The molecule has 1 rings (SSSR count). The molecular weight excluding hydrogens is 265 g/mol. The number of hydrogen-bond acceptors (Lipinski definition) is 3. The summed E-state index contributed by atoms with van der Waals surface area (Å²) >= 11 is 3.07. The quantitative estimate of drug-likeness (QED) is 0.861. The molecule has 1 atom stereocenters. The highest BCUT2D eigenvalue weighted by molar-refractivity contribution is 9.10. The number of nitrogens with two attached hydrogens (primary N) is 1. The fourth-order valence-electron chi connectivity index (χ4n) is 1.13. The third-order valence-electron chi connectivity index (χ3n) is 1.78. The van der Waals surface area contributed by atoms with Crippen molar-refractivity contribution in [3.05, 3.63) is 22.4 Å². The van der Waals surface area contributed by atoms with Crippen molar-refractivity contribution in [2.24, 2.45) is 0 Å². The fourth-order valence-corrected chi connectivity index (χ4v) is 1.45. The molecule has 0 saturated carbocycles. The molecule has 0 bridgehead atoms. The lowest BCUT2D eigenvalue weighted by molar-refractivity contribution is 0.0925. The first-order valence-electron chi connectivity index (χ1n) is 4.44. The Hall–Kier alpha value is -0.810. The number of rotatable bonds is 4. The van der Waals surface area contributed by atoms with Gasteiger partial charge < -0.3 is 15.2 Å². The van der Waals surface area contributed by atoms with E-state index in [4.69, 9.17) is 15.2 Å². The molecule has 1 unspecified atom stereocenters. The van der Waals surface area contributed by atoms with Crippen molar-refractivity contribution in [2.75, 3.05) is 19.5 Å². The average Bonchev–Trinajstić information content (AvgIpc) is 2.14. The van der Waals surface area contributed by atoms with Crippen molar-refractivity contribution in [1.82, 2.24) is 0 Å². The fraction of sp³-hybridized carbons (Fsp3) is 0.400. The second-order valence-corrected chi connectivity index (χ2v) is 4.04. The predicted octanol–water partition coefficient (Wildman–Crippen LogP) is 2.58. The Morgan fingerprint density at radius 1 is 1.53 bits per heavy atom. The van der Waals surface area contributed by atoms with Gasteiger partial charge in [-0.15, -0.1) is 0 Å². The van der Waals surface area contributed by atoms with Crippen LogP contribution < -0.4 is 10.5 Å². The van der Waals surface area contributed by atoms with Gasteiger partial charge in [-0.25, -0.2) is 4.39 Å². The monoisotopic (exact) mass is 277 g/mol. The molecule has 0 saturated heterocycles. The van der Waals surface area contributed by atoms with Crippen LogP contribution >= 0.6 is 15.9 Å². The maximum Gasteiger partial charge on any atom is 0.144 e. The minimum Gasteiger partial charge on any atom is -0.486 e. The molecular formula is C10H13BrFNO2. The summed E-state index contributed by atoms with van der Waals surface area (Å²) in [5, 5.41) is 0. The van der Waals surface area contributed by atoms with E-state index in [0.29, 0.717) is 16.8 Å². The Labute approximate surface area is 96.5 Å². The van der Waals surface area contributed by atoms with Gasteiger partial charge in [-0.1, -0.05) is 0 Å². The molecule has 1 aromatic rings. The highest BCUT2D eigenvalue weighted by atomic mass is 79.9. The highest BCUT2D eigenvalue weighted by Crippen LogP contribution is 2.29. The van der Waals surface area contributed by atoms with Crippen LogP contribution in [0.1, 0.15) is 6.92 Å². The third-order valence-corrected chi connectivity index (χ3v) is 2.39. The highest BCUT2D eigenvalue weighted by Gasteiger charge is 2.10. The molecule has 1 aromatic carbocycles. The van der Waals surface area contributed by atoms with E-state index in [-0.39, 0.29) is 11.8 Å². The predicted molar refractivity (Wildman–Crippen MR) is 60.5 cm³/mol. The first-order chi connectivity index (χ1) is 7.04. The molecule has 0 heterocycles. The van der Waals surface area contributed by atoms with Gasteiger partial charge in [0.25, 0.3) is 0 Å². The van der Waals surface area contributed by atoms with Crippen LogP contribution in [0.25, 0.3) is 0 Å². The summed E-state index contributed by atoms with van der Waals surface area (Å²) in [5.74, 6) is 0.0482. The van der Waals surface area contributed by atoms with Crippen molar-refractivity contribution in [1.29, 1.82) is 0 Å². The molecule has 2 N–H and O–H groups in total. The topological polar surface area (TPSA) is 44.5 Å². The van der Waals surface area contributed by atoms with Gasteiger partial charge in [0.1, 0.15) is 17.7 Å². The lowest BCUT2D eigenvalue weighted by atomic mass is 10.3. The number of anilines is 1. The van der Waals surface area contributed by atoms with Crippen LogP contribution in [0.5, 0.6) is 5.75 Å². The zero-order valence-corrected chi connectivity index (χ0v) is 10.2. The molecule has 84 valence electrons. The van der Waals surface area contributed by atoms with Gasteiger partial charge >= 0.3 is 0 Å². The molecule has 0 radical (unpaired) electrons. The number of nitrogen functional groups attached to an aromatic ring is 1. The Bertz CT molecular complexity index is 346.